The average Bonchev–Trinajstić information content (AvgIpc) is 2.44. The first-order valence-electron chi connectivity index (χ1n) is 8.04. The van der Waals surface area contributed by atoms with Gasteiger partial charge in [-0.2, -0.15) is 0 Å². The summed E-state index contributed by atoms with van der Waals surface area (Å²) in [5, 5.41) is 0. The molecule has 3 heteroatoms. The molecule has 2 N–H and O–H groups in total. The molecule has 3 atom stereocenters. The van der Waals surface area contributed by atoms with Crippen molar-refractivity contribution in [2.45, 2.75) is 52.7 Å². The minimum absolute atomic E-state index is 0.362. The number of hydrogen-bond donors (Lipinski definition) is 1. The molecule has 0 aliphatic heterocycles. The Balaban J connectivity index is 2.01. The molecule has 1 aromatic rings. The van der Waals surface area contributed by atoms with Crippen LogP contribution >= 0.6 is 0 Å². The van der Waals surface area contributed by atoms with Gasteiger partial charge in [0.25, 0.3) is 0 Å². The van der Waals surface area contributed by atoms with Crippen molar-refractivity contribution in [1.82, 2.24) is 0 Å². The molecule has 0 saturated heterocycles. The summed E-state index contributed by atoms with van der Waals surface area (Å²) in [7, 11) is 1.66. The zero-order valence-corrected chi connectivity index (χ0v) is 13.8. The first-order valence-corrected chi connectivity index (χ1v) is 8.04. The summed E-state index contributed by atoms with van der Waals surface area (Å²) in [6, 6.07) is 5.81. The molecule has 1 aliphatic rings. The van der Waals surface area contributed by atoms with Crippen molar-refractivity contribution in [3.8, 4) is 5.75 Å². The molecule has 2 rings (SSSR count). The molecule has 1 fully saturated rings. The summed E-state index contributed by atoms with van der Waals surface area (Å²) in [5.41, 5.74) is 7.72. The van der Waals surface area contributed by atoms with Crippen LogP contribution in [0.4, 0.5) is 5.69 Å². The molecule has 118 valence electrons. The number of nitrogens with two attached hydrogens (primary N) is 1. The normalized spacial score (nSPS) is 26.0. The first kappa shape index (κ1) is 16.2. The van der Waals surface area contributed by atoms with Crippen molar-refractivity contribution >= 4 is 5.69 Å². The predicted molar refractivity (Wildman–Crippen MR) is 87.3 cm³/mol. The number of ether oxygens (including phenoxy) is 2. The molecular weight excluding hydrogens is 262 g/mol. The molecule has 1 aromatic carbocycles. The molecule has 3 nitrogen and oxygen atoms in total. The number of nitrogen functional groups attached to an aromatic ring is 1. The van der Waals surface area contributed by atoms with Gasteiger partial charge in [-0.25, -0.2) is 0 Å². The Bertz CT molecular complexity index is 459. The van der Waals surface area contributed by atoms with E-state index in [0.29, 0.717) is 24.5 Å². The van der Waals surface area contributed by atoms with Crippen LogP contribution in [0.2, 0.25) is 0 Å². The van der Waals surface area contributed by atoms with E-state index < -0.39 is 0 Å². The van der Waals surface area contributed by atoms with Crippen LogP contribution in [0.3, 0.4) is 0 Å². The van der Waals surface area contributed by atoms with Crippen molar-refractivity contribution in [1.29, 1.82) is 0 Å². The average molecular weight is 291 g/mol. The fraction of sp³-hybridized carbons (Fsp3) is 0.667. The summed E-state index contributed by atoms with van der Waals surface area (Å²) in [6.07, 6.45) is 4.14. The number of rotatable bonds is 5. The van der Waals surface area contributed by atoms with Gasteiger partial charge in [0.2, 0.25) is 0 Å². The molecule has 21 heavy (non-hydrogen) atoms. The molecule has 0 aromatic heterocycles. The second-order valence-corrected chi connectivity index (χ2v) is 6.79. The van der Waals surface area contributed by atoms with Gasteiger partial charge < -0.3 is 15.2 Å². The summed E-state index contributed by atoms with van der Waals surface area (Å²) in [5.74, 6) is 2.91. The first-order chi connectivity index (χ1) is 9.99. The maximum atomic E-state index is 6.26. The van der Waals surface area contributed by atoms with Gasteiger partial charge in [-0.1, -0.05) is 27.2 Å². The maximum absolute atomic E-state index is 6.26. The van der Waals surface area contributed by atoms with Crippen molar-refractivity contribution in [3.63, 3.8) is 0 Å². The Morgan fingerprint density at radius 2 is 2.00 bits per heavy atom. The SMILES string of the molecule is COc1cc(N)cc(COC2CC(C)CCC2C(C)C)c1. The highest BCUT2D eigenvalue weighted by molar-refractivity contribution is 5.47. The van der Waals surface area contributed by atoms with E-state index in [-0.39, 0.29) is 0 Å². The van der Waals surface area contributed by atoms with Crippen LogP contribution in [0, 0.1) is 17.8 Å². The summed E-state index contributed by atoms with van der Waals surface area (Å²) in [4.78, 5) is 0. The second-order valence-electron chi connectivity index (χ2n) is 6.79. The number of methoxy groups -OCH3 is 1. The van der Waals surface area contributed by atoms with Gasteiger partial charge in [-0.3, -0.25) is 0 Å². The number of anilines is 1. The van der Waals surface area contributed by atoms with E-state index in [4.69, 9.17) is 15.2 Å². The highest BCUT2D eigenvalue weighted by Crippen LogP contribution is 2.35. The van der Waals surface area contributed by atoms with E-state index in [1.165, 1.54) is 19.3 Å². The number of benzene rings is 1. The monoisotopic (exact) mass is 291 g/mol. The van der Waals surface area contributed by atoms with Crippen molar-refractivity contribution in [2.24, 2.45) is 17.8 Å². The zero-order valence-electron chi connectivity index (χ0n) is 13.8. The molecule has 0 radical (unpaired) electrons. The Morgan fingerprint density at radius 1 is 1.24 bits per heavy atom. The van der Waals surface area contributed by atoms with Crippen molar-refractivity contribution in [3.05, 3.63) is 23.8 Å². The Morgan fingerprint density at radius 3 is 2.67 bits per heavy atom. The van der Waals surface area contributed by atoms with Gasteiger partial charge in [0.1, 0.15) is 5.75 Å². The lowest BCUT2D eigenvalue weighted by atomic mass is 9.75. The van der Waals surface area contributed by atoms with Crippen molar-refractivity contribution in [2.75, 3.05) is 12.8 Å². The third-order valence-corrected chi connectivity index (χ3v) is 4.65. The zero-order chi connectivity index (χ0) is 15.4. The van der Waals surface area contributed by atoms with Crippen molar-refractivity contribution < 1.29 is 9.47 Å². The Kier molecular flexibility index (Phi) is 5.51. The fourth-order valence-electron chi connectivity index (χ4n) is 3.40. The van der Waals surface area contributed by atoms with E-state index in [2.05, 4.69) is 20.8 Å². The standard InChI is InChI=1S/C18H29NO2/c1-12(2)17-6-5-13(3)7-18(17)21-11-14-8-15(19)10-16(9-14)20-4/h8-10,12-13,17-18H,5-7,11,19H2,1-4H3. The molecule has 1 saturated carbocycles. The Labute approximate surface area is 128 Å². The molecular formula is C18H29NO2. The van der Waals surface area contributed by atoms with Gasteiger partial charge >= 0.3 is 0 Å². The minimum atomic E-state index is 0.362. The van der Waals surface area contributed by atoms with E-state index in [1.54, 1.807) is 7.11 Å². The second kappa shape index (κ2) is 7.17. The lowest BCUT2D eigenvalue weighted by Gasteiger charge is -2.37. The molecule has 1 aliphatic carbocycles. The lowest BCUT2D eigenvalue weighted by Crippen LogP contribution is -2.34. The highest BCUT2D eigenvalue weighted by Gasteiger charge is 2.31. The summed E-state index contributed by atoms with van der Waals surface area (Å²) in [6.45, 7) is 7.56. The predicted octanol–water partition coefficient (Wildman–Crippen LogP) is 4.25. The fourth-order valence-corrected chi connectivity index (χ4v) is 3.40. The minimum Gasteiger partial charge on any atom is -0.497 e. The van der Waals surface area contributed by atoms with E-state index in [9.17, 15) is 0 Å². The van der Waals surface area contributed by atoms with E-state index in [1.807, 2.05) is 18.2 Å². The van der Waals surface area contributed by atoms with Gasteiger partial charge in [-0.15, -0.1) is 0 Å². The largest absolute Gasteiger partial charge is 0.497 e. The molecule has 3 unspecified atom stereocenters. The van der Waals surface area contributed by atoms with Crippen LogP contribution in [-0.2, 0) is 11.3 Å². The van der Waals surface area contributed by atoms with Crippen LogP contribution in [0.15, 0.2) is 18.2 Å². The third kappa shape index (κ3) is 4.37. The number of hydrogen-bond acceptors (Lipinski definition) is 3. The topological polar surface area (TPSA) is 44.5 Å². The highest BCUT2D eigenvalue weighted by atomic mass is 16.5. The van der Waals surface area contributed by atoms with Crippen LogP contribution in [0.25, 0.3) is 0 Å². The van der Waals surface area contributed by atoms with E-state index in [0.717, 1.165) is 22.9 Å². The summed E-state index contributed by atoms with van der Waals surface area (Å²) < 4.78 is 11.5. The summed E-state index contributed by atoms with van der Waals surface area (Å²) >= 11 is 0. The van der Waals surface area contributed by atoms with E-state index >= 15 is 0 Å². The quantitative estimate of drug-likeness (QED) is 0.825. The van der Waals surface area contributed by atoms with Crippen LogP contribution in [0.1, 0.15) is 45.6 Å². The molecule has 0 heterocycles. The molecule has 0 amide bonds. The molecule has 0 bridgehead atoms. The Hall–Kier alpha value is -1.22. The van der Waals surface area contributed by atoms with Gasteiger partial charge in [0.15, 0.2) is 0 Å². The van der Waals surface area contributed by atoms with Gasteiger partial charge in [0, 0.05) is 11.8 Å². The van der Waals surface area contributed by atoms with Crippen LogP contribution in [-0.4, -0.2) is 13.2 Å². The smallest absolute Gasteiger partial charge is 0.121 e. The third-order valence-electron chi connectivity index (χ3n) is 4.65. The molecule has 0 spiro atoms. The van der Waals surface area contributed by atoms with Crippen LogP contribution in [0.5, 0.6) is 5.75 Å². The lowest BCUT2D eigenvalue weighted by molar-refractivity contribution is -0.0472. The maximum Gasteiger partial charge on any atom is 0.121 e. The van der Waals surface area contributed by atoms with Crippen LogP contribution < -0.4 is 10.5 Å². The van der Waals surface area contributed by atoms with Gasteiger partial charge in [0.05, 0.1) is 19.8 Å². The van der Waals surface area contributed by atoms with Gasteiger partial charge in [-0.05, 0) is 48.3 Å².